The number of alkyl halides is 3. The van der Waals surface area contributed by atoms with Gasteiger partial charge in [-0.25, -0.2) is 9.78 Å². The number of para-hydroxylation sites is 2. The van der Waals surface area contributed by atoms with E-state index in [2.05, 4.69) is 10.3 Å². The molecule has 0 unspecified atom stereocenters. The van der Waals surface area contributed by atoms with Gasteiger partial charge in [0, 0.05) is 5.70 Å². The van der Waals surface area contributed by atoms with Crippen LogP contribution in [0, 0.1) is 0 Å². The van der Waals surface area contributed by atoms with Crippen LogP contribution in [0.2, 0.25) is 0 Å². The number of ether oxygens (including phenoxy) is 1. The highest BCUT2D eigenvalue weighted by atomic mass is 19.4. The average molecular weight is 391 g/mol. The molecule has 3 aromatic rings. The van der Waals surface area contributed by atoms with Gasteiger partial charge in [0.2, 0.25) is 5.95 Å². The molecule has 3 heterocycles. The van der Waals surface area contributed by atoms with Crippen LogP contribution in [0.15, 0.2) is 58.3 Å². The summed E-state index contributed by atoms with van der Waals surface area (Å²) in [7, 11) is 0. The second-order valence-corrected chi connectivity index (χ2v) is 6.46. The van der Waals surface area contributed by atoms with Crippen LogP contribution < -0.4 is 5.32 Å². The Morgan fingerprint density at radius 1 is 1.29 bits per heavy atom. The monoisotopic (exact) mass is 391 g/mol. The number of rotatable bonds is 3. The summed E-state index contributed by atoms with van der Waals surface area (Å²) in [6.07, 6.45) is -5.45. The lowest BCUT2D eigenvalue weighted by Crippen LogP contribution is -2.35. The lowest BCUT2D eigenvalue weighted by atomic mass is 10.00. The van der Waals surface area contributed by atoms with E-state index in [9.17, 15) is 18.0 Å². The van der Waals surface area contributed by atoms with Crippen molar-refractivity contribution < 1.29 is 27.1 Å². The zero-order chi connectivity index (χ0) is 20.1. The van der Waals surface area contributed by atoms with Crippen LogP contribution in [-0.2, 0) is 9.53 Å². The highest BCUT2D eigenvalue weighted by Crippen LogP contribution is 2.40. The first-order valence-electron chi connectivity index (χ1n) is 8.53. The minimum atomic E-state index is -4.65. The quantitative estimate of drug-likeness (QED) is 0.670. The number of hydrogen-bond donors (Lipinski definition) is 1. The Morgan fingerprint density at radius 3 is 2.71 bits per heavy atom. The molecule has 28 heavy (non-hydrogen) atoms. The van der Waals surface area contributed by atoms with Gasteiger partial charge in [0.05, 0.1) is 22.9 Å². The number of allylic oxidation sites excluding steroid dienone is 1. The minimum absolute atomic E-state index is 0.0294. The molecule has 1 aliphatic rings. The molecule has 0 amide bonds. The summed E-state index contributed by atoms with van der Waals surface area (Å²) in [4.78, 5) is 17.2. The number of aromatic nitrogens is 2. The number of esters is 1. The second-order valence-electron chi connectivity index (χ2n) is 6.46. The first kappa shape index (κ1) is 18.1. The number of carbonyl (C=O) groups is 1. The summed E-state index contributed by atoms with van der Waals surface area (Å²) >= 11 is 0. The normalized spacial score (nSPS) is 18.0. The molecule has 6 nitrogen and oxygen atoms in total. The van der Waals surface area contributed by atoms with E-state index in [-0.39, 0.29) is 5.57 Å². The lowest BCUT2D eigenvalue weighted by Gasteiger charge is -2.29. The van der Waals surface area contributed by atoms with Gasteiger partial charge >= 0.3 is 12.1 Å². The van der Waals surface area contributed by atoms with Gasteiger partial charge in [0.1, 0.15) is 11.8 Å². The van der Waals surface area contributed by atoms with Gasteiger partial charge in [-0.1, -0.05) is 12.1 Å². The third-order valence-electron chi connectivity index (χ3n) is 4.61. The standard InChI is InChI=1S/C19H16F3N3O3/c1-10-15(17(26)28-11(2)19(20,21)22)16(14-8-5-9-27-14)25-13-7-4-3-6-12(13)24-18(25)23-10/h3-9,11,16H,1-2H3,(H,23,24)/t11-,16+/m1/s1. The first-order chi connectivity index (χ1) is 13.3. The zero-order valence-corrected chi connectivity index (χ0v) is 14.9. The number of carbonyl (C=O) groups excluding carboxylic acids is 1. The van der Waals surface area contributed by atoms with E-state index in [1.54, 1.807) is 29.7 Å². The number of furan rings is 1. The van der Waals surface area contributed by atoms with Crippen molar-refractivity contribution in [3.05, 3.63) is 59.7 Å². The molecule has 1 aliphatic heterocycles. The largest absolute Gasteiger partial charge is 0.467 e. The van der Waals surface area contributed by atoms with E-state index in [1.165, 1.54) is 6.26 Å². The number of hydrogen-bond acceptors (Lipinski definition) is 5. The lowest BCUT2D eigenvalue weighted by molar-refractivity contribution is -0.214. The summed E-state index contributed by atoms with van der Waals surface area (Å²) in [5, 5.41) is 2.99. The van der Waals surface area contributed by atoms with E-state index in [1.807, 2.05) is 18.2 Å². The zero-order valence-electron chi connectivity index (χ0n) is 14.9. The fraction of sp³-hybridized carbons (Fsp3) is 0.263. The number of fused-ring (bicyclic) bond motifs is 3. The van der Waals surface area contributed by atoms with E-state index < -0.39 is 24.3 Å². The molecule has 0 spiro atoms. The number of imidazole rings is 1. The number of anilines is 1. The SMILES string of the molecule is CC1=C(C(=O)O[C@H](C)C(F)(F)F)[C@H](c2ccco2)n2c(nc3ccccc32)N1. The minimum Gasteiger partial charge on any atom is -0.467 e. The highest BCUT2D eigenvalue weighted by Gasteiger charge is 2.42. The molecule has 0 saturated heterocycles. The van der Waals surface area contributed by atoms with Gasteiger partial charge < -0.3 is 14.5 Å². The Kier molecular flexibility index (Phi) is 4.17. The first-order valence-corrected chi connectivity index (χ1v) is 8.53. The van der Waals surface area contributed by atoms with Gasteiger partial charge in [-0.2, -0.15) is 13.2 Å². The maximum Gasteiger partial charge on any atom is 0.425 e. The van der Waals surface area contributed by atoms with Crippen molar-refractivity contribution in [3.63, 3.8) is 0 Å². The van der Waals surface area contributed by atoms with Crippen LogP contribution in [0.5, 0.6) is 0 Å². The predicted octanol–water partition coefficient (Wildman–Crippen LogP) is 4.41. The molecule has 2 atom stereocenters. The summed E-state index contributed by atoms with van der Waals surface area (Å²) < 4.78 is 50.6. The van der Waals surface area contributed by atoms with Gasteiger partial charge in [-0.15, -0.1) is 0 Å². The Morgan fingerprint density at radius 2 is 2.04 bits per heavy atom. The van der Waals surface area contributed by atoms with Crippen LogP contribution in [0.4, 0.5) is 19.1 Å². The molecule has 0 aliphatic carbocycles. The van der Waals surface area contributed by atoms with Crippen molar-refractivity contribution in [3.8, 4) is 0 Å². The molecule has 2 aromatic heterocycles. The molecule has 9 heteroatoms. The highest BCUT2D eigenvalue weighted by molar-refractivity contribution is 5.94. The fourth-order valence-corrected chi connectivity index (χ4v) is 3.24. The van der Waals surface area contributed by atoms with Gasteiger partial charge in [-0.05, 0) is 38.1 Å². The molecule has 0 fully saturated rings. The van der Waals surface area contributed by atoms with Crippen molar-refractivity contribution in [1.82, 2.24) is 9.55 Å². The molecule has 4 rings (SSSR count). The number of halogens is 3. The fourth-order valence-electron chi connectivity index (χ4n) is 3.24. The van der Waals surface area contributed by atoms with E-state index >= 15 is 0 Å². The topological polar surface area (TPSA) is 69.3 Å². The van der Waals surface area contributed by atoms with Crippen LogP contribution in [0.25, 0.3) is 11.0 Å². The summed E-state index contributed by atoms with van der Waals surface area (Å²) in [6, 6.07) is 9.74. The maximum atomic E-state index is 12.9. The number of nitrogens with zero attached hydrogens (tertiary/aromatic N) is 2. The van der Waals surface area contributed by atoms with E-state index in [0.29, 0.717) is 28.4 Å². The van der Waals surface area contributed by atoms with Gasteiger partial charge in [0.15, 0.2) is 6.10 Å². The Labute approximate surface area is 157 Å². The van der Waals surface area contributed by atoms with Gasteiger partial charge in [-0.3, -0.25) is 4.57 Å². The van der Waals surface area contributed by atoms with Crippen LogP contribution in [0.1, 0.15) is 25.6 Å². The molecular weight excluding hydrogens is 375 g/mol. The molecule has 1 N–H and O–H groups in total. The van der Waals surface area contributed by atoms with Crippen molar-refractivity contribution in [2.45, 2.75) is 32.2 Å². The molecular formula is C19H16F3N3O3. The van der Waals surface area contributed by atoms with Crippen LogP contribution in [0.3, 0.4) is 0 Å². The van der Waals surface area contributed by atoms with E-state index in [0.717, 1.165) is 6.92 Å². The molecule has 146 valence electrons. The number of benzene rings is 1. The second kappa shape index (κ2) is 6.43. The molecule has 0 bridgehead atoms. The Hall–Kier alpha value is -3.23. The molecule has 1 aromatic carbocycles. The van der Waals surface area contributed by atoms with Crippen molar-refractivity contribution in [2.75, 3.05) is 5.32 Å². The summed E-state index contributed by atoms with van der Waals surface area (Å²) in [5.74, 6) is -0.225. The Bertz CT molecular complexity index is 1070. The molecule has 0 radical (unpaired) electrons. The van der Waals surface area contributed by atoms with Crippen LogP contribution >= 0.6 is 0 Å². The van der Waals surface area contributed by atoms with Crippen molar-refractivity contribution in [2.24, 2.45) is 0 Å². The van der Waals surface area contributed by atoms with E-state index in [4.69, 9.17) is 9.15 Å². The molecule has 0 saturated carbocycles. The average Bonchev–Trinajstić information content (AvgIpc) is 3.27. The maximum absolute atomic E-state index is 12.9. The Balaban J connectivity index is 1.84. The van der Waals surface area contributed by atoms with Crippen LogP contribution in [-0.4, -0.2) is 27.8 Å². The van der Waals surface area contributed by atoms with Crippen molar-refractivity contribution in [1.29, 1.82) is 0 Å². The number of nitrogens with one attached hydrogen (secondary N) is 1. The summed E-state index contributed by atoms with van der Waals surface area (Å²) in [5.41, 5.74) is 1.76. The predicted molar refractivity (Wildman–Crippen MR) is 94.5 cm³/mol. The third kappa shape index (κ3) is 2.92. The summed E-state index contributed by atoms with van der Waals surface area (Å²) in [6.45, 7) is 2.39. The van der Waals surface area contributed by atoms with Crippen molar-refractivity contribution >= 4 is 23.0 Å². The third-order valence-corrected chi connectivity index (χ3v) is 4.61. The smallest absolute Gasteiger partial charge is 0.425 e. The van der Waals surface area contributed by atoms with Gasteiger partial charge in [0.25, 0.3) is 0 Å².